The molecule has 0 spiro atoms. The number of benzene rings is 2. The molecule has 0 fully saturated rings. The molecule has 1 atom stereocenters. The van der Waals surface area contributed by atoms with Gasteiger partial charge in [-0.3, -0.25) is 4.79 Å². The van der Waals surface area contributed by atoms with Crippen molar-refractivity contribution in [3.63, 3.8) is 0 Å². The first-order valence-corrected chi connectivity index (χ1v) is 12.0. The Labute approximate surface area is 166 Å². The normalized spacial score (nSPS) is 13.3. The smallest absolute Gasteiger partial charge is 0.243 e. The summed E-state index contributed by atoms with van der Waals surface area (Å²) in [6.45, 7) is 1.55. The van der Waals surface area contributed by atoms with Gasteiger partial charge in [-0.2, -0.15) is 4.31 Å². The van der Waals surface area contributed by atoms with E-state index in [0.29, 0.717) is 6.42 Å². The van der Waals surface area contributed by atoms with E-state index in [1.807, 2.05) is 6.92 Å². The highest BCUT2D eigenvalue weighted by atomic mass is 32.2. The van der Waals surface area contributed by atoms with Gasteiger partial charge in [0.25, 0.3) is 0 Å². The molecule has 9 heteroatoms. The second-order valence-electron chi connectivity index (χ2n) is 6.44. The molecule has 1 amide bonds. The van der Waals surface area contributed by atoms with Crippen LogP contribution in [0.4, 0.5) is 0 Å². The Morgan fingerprint density at radius 1 is 0.964 bits per heavy atom. The number of hydrogen-bond donors (Lipinski definition) is 1. The van der Waals surface area contributed by atoms with Gasteiger partial charge in [-0.05, 0) is 36.2 Å². The van der Waals surface area contributed by atoms with Gasteiger partial charge >= 0.3 is 0 Å². The van der Waals surface area contributed by atoms with Gasteiger partial charge in [0.2, 0.25) is 15.9 Å². The zero-order chi connectivity index (χ0) is 20.9. The molecule has 0 radical (unpaired) electrons. The summed E-state index contributed by atoms with van der Waals surface area (Å²) >= 11 is 0. The molecular weight excluding hydrogens is 400 g/mol. The Balaban J connectivity index is 2.08. The van der Waals surface area contributed by atoms with E-state index in [1.54, 1.807) is 30.3 Å². The summed E-state index contributed by atoms with van der Waals surface area (Å²) in [5, 5.41) is 2.80. The summed E-state index contributed by atoms with van der Waals surface area (Å²) in [6.07, 6.45) is 1.70. The summed E-state index contributed by atoms with van der Waals surface area (Å²) in [7, 11) is -5.70. The van der Waals surface area contributed by atoms with E-state index in [0.717, 1.165) is 16.1 Å². The molecule has 2 rings (SSSR count). The maximum Gasteiger partial charge on any atom is 0.243 e. The van der Waals surface area contributed by atoms with Gasteiger partial charge in [-0.15, -0.1) is 0 Å². The van der Waals surface area contributed by atoms with Crippen molar-refractivity contribution in [2.45, 2.75) is 29.2 Å². The number of carbonyl (C=O) groups is 1. The Morgan fingerprint density at radius 3 is 2.04 bits per heavy atom. The molecule has 0 aliphatic rings. The monoisotopic (exact) mass is 424 g/mol. The maximum atomic E-state index is 12.5. The summed E-state index contributed by atoms with van der Waals surface area (Å²) in [4.78, 5) is 12.7. The summed E-state index contributed by atoms with van der Waals surface area (Å²) in [6, 6.07) is 13.8. The minimum Gasteiger partial charge on any atom is -0.348 e. The van der Waals surface area contributed by atoms with Crippen molar-refractivity contribution in [1.82, 2.24) is 9.62 Å². The molecule has 0 aliphatic heterocycles. The molecule has 1 unspecified atom stereocenters. The molecule has 0 saturated carbocycles. The molecule has 152 valence electrons. The SMILES string of the molecule is CCC(NC(=O)CN(C)S(=O)(=O)c1ccccc1)c1ccc(S(C)(=O)=O)cc1. The van der Waals surface area contributed by atoms with Crippen LogP contribution in [0.1, 0.15) is 24.9 Å². The predicted octanol–water partition coefficient (Wildman–Crippen LogP) is 1.98. The number of nitrogens with one attached hydrogen (secondary N) is 1. The molecular formula is C19H24N2O5S2. The van der Waals surface area contributed by atoms with Gasteiger partial charge in [0.15, 0.2) is 9.84 Å². The standard InChI is InChI=1S/C19H24N2O5S2/c1-4-18(15-10-12-16(13-11-15)27(3,23)24)20-19(22)14-21(2)28(25,26)17-8-6-5-7-9-17/h5-13,18H,4,14H2,1-3H3,(H,20,22). The molecule has 0 aliphatic carbocycles. The van der Waals surface area contributed by atoms with Gasteiger partial charge in [-0.1, -0.05) is 37.3 Å². The third-order valence-corrected chi connectivity index (χ3v) is 7.22. The molecule has 1 N–H and O–H groups in total. The van der Waals surface area contributed by atoms with Crippen molar-refractivity contribution < 1.29 is 21.6 Å². The number of rotatable bonds is 8. The number of carbonyl (C=O) groups excluding carboxylic acids is 1. The van der Waals surface area contributed by atoms with Gasteiger partial charge in [0, 0.05) is 13.3 Å². The minimum absolute atomic E-state index is 0.119. The van der Waals surface area contributed by atoms with Crippen molar-refractivity contribution in [1.29, 1.82) is 0 Å². The van der Waals surface area contributed by atoms with Crippen LogP contribution < -0.4 is 5.32 Å². The van der Waals surface area contributed by atoms with Gasteiger partial charge in [-0.25, -0.2) is 16.8 Å². The van der Waals surface area contributed by atoms with E-state index in [4.69, 9.17) is 0 Å². The van der Waals surface area contributed by atoms with Crippen LogP contribution in [0.2, 0.25) is 0 Å². The maximum absolute atomic E-state index is 12.5. The molecule has 0 aromatic heterocycles. The quantitative estimate of drug-likeness (QED) is 0.698. The average molecular weight is 425 g/mol. The van der Waals surface area contributed by atoms with Gasteiger partial charge < -0.3 is 5.32 Å². The number of sulfone groups is 1. The number of hydrogen-bond acceptors (Lipinski definition) is 5. The lowest BCUT2D eigenvalue weighted by atomic mass is 10.0. The van der Waals surface area contributed by atoms with Crippen molar-refractivity contribution in [2.24, 2.45) is 0 Å². The summed E-state index contributed by atoms with van der Waals surface area (Å²) in [5.74, 6) is -0.443. The summed E-state index contributed by atoms with van der Waals surface area (Å²) < 4.78 is 49.1. The van der Waals surface area contributed by atoms with Crippen molar-refractivity contribution in [2.75, 3.05) is 19.8 Å². The second-order valence-corrected chi connectivity index (χ2v) is 10.5. The van der Waals surface area contributed by atoms with Crippen LogP contribution in [0.3, 0.4) is 0 Å². The molecule has 0 bridgehead atoms. The number of amides is 1. The highest BCUT2D eigenvalue weighted by Gasteiger charge is 2.23. The molecule has 28 heavy (non-hydrogen) atoms. The molecule has 7 nitrogen and oxygen atoms in total. The Morgan fingerprint density at radius 2 is 1.54 bits per heavy atom. The van der Waals surface area contributed by atoms with Crippen LogP contribution in [-0.2, 0) is 24.7 Å². The fraction of sp³-hybridized carbons (Fsp3) is 0.316. The third kappa shape index (κ3) is 5.40. The molecule has 0 saturated heterocycles. The predicted molar refractivity (Wildman–Crippen MR) is 107 cm³/mol. The highest BCUT2D eigenvalue weighted by Crippen LogP contribution is 2.19. The first-order valence-electron chi connectivity index (χ1n) is 8.66. The first-order chi connectivity index (χ1) is 13.1. The van der Waals surface area contributed by atoms with E-state index in [9.17, 15) is 21.6 Å². The van der Waals surface area contributed by atoms with Crippen LogP contribution in [0.5, 0.6) is 0 Å². The fourth-order valence-electron chi connectivity index (χ4n) is 2.67. The van der Waals surface area contributed by atoms with E-state index in [1.165, 1.54) is 31.3 Å². The lowest BCUT2D eigenvalue weighted by Crippen LogP contribution is -2.39. The number of sulfonamides is 1. The van der Waals surface area contributed by atoms with Crippen LogP contribution in [0.15, 0.2) is 64.4 Å². The highest BCUT2D eigenvalue weighted by molar-refractivity contribution is 7.90. The number of nitrogens with zero attached hydrogens (tertiary/aromatic N) is 1. The van der Waals surface area contributed by atoms with Gasteiger partial charge in [0.1, 0.15) is 0 Å². The van der Waals surface area contributed by atoms with Crippen LogP contribution in [0, 0.1) is 0 Å². The largest absolute Gasteiger partial charge is 0.348 e. The lowest BCUT2D eigenvalue weighted by Gasteiger charge is -2.21. The topological polar surface area (TPSA) is 101 Å². The Kier molecular flexibility index (Phi) is 6.97. The van der Waals surface area contributed by atoms with Crippen LogP contribution in [0.25, 0.3) is 0 Å². The zero-order valence-corrected chi connectivity index (χ0v) is 17.6. The average Bonchev–Trinajstić information content (AvgIpc) is 2.66. The van der Waals surface area contributed by atoms with E-state index >= 15 is 0 Å². The van der Waals surface area contributed by atoms with Crippen molar-refractivity contribution >= 4 is 25.8 Å². The molecule has 2 aromatic rings. The number of likely N-dealkylation sites (N-methyl/N-ethyl adjacent to an activating group) is 1. The third-order valence-electron chi connectivity index (χ3n) is 4.27. The van der Waals surface area contributed by atoms with E-state index in [2.05, 4.69) is 5.32 Å². The second kappa shape index (κ2) is 8.85. The van der Waals surface area contributed by atoms with Crippen molar-refractivity contribution in [3.8, 4) is 0 Å². The van der Waals surface area contributed by atoms with E-state index < -0.39 is 25.8 Å². The minimum atomic E-state index is -3.76. The zero-order valence-electron chi connectivity index (χ0n) is 16.0. The molecule has 2 aromatic carbocycles. The van der Waals surface area contributed by atoms with E-state index in [-0.39, 0.29) is 22.4 Å². The lowest BCUT2D eigenvalue weighted by molar-refractivity contribution is -0.121. The molecule has 0 heterocycles. The van der Waals surface area contributed by atoms with Crippen LogP contribution >= 0.6 is 0 Å². The Bertz CT molecular complexity index is 1020. The Hall–Kier alpha value is -2.23. The first kappa shape index (κ1) is 22.1. The summed E-state index contributed by atoms with van der Waals surface area (Å²) in [5.41, 5.74) is 0.747. The van der Waals surface area contributed by atoms with Gasteiger partial charge in [0.05, 0.1) is 22.4 Å². The fourth-order valence-corrected chi connectivity index (χ4v) is 4.45. The van der Waals surface area contributed by atoms with Crippen LogP contribution in [-0.4, -0.2) is 46.9 Å². The van der Waals surface area contributed by atoms with Crippen molar-refractivity contribution in [3.05, 3.63) is 60.2 Å².